The molecule has 2 heterocycles. The normalized spacial score (nSPS) is 12.0. The Morgan fingerprint density at radius 2 is 1.94 bits per heavy atom. The molecule has 1 N–H and O–H groups in total. The van der Waals surface area contributed by atoms with E-state index >= 15 is 0 Å². The van der Waals surface area contributed by atoms with E-state index in [-0.39, 0.29) is 11.9 Å². The smallest absolute Gasteiger partial charge is 0.254 e. The number of nitrogens with one attached hydrogen (secondary N) is 1. The van der Waals surface area contributed by atoms with Gasteiger partial charge in [0.1, 0.15) is 5.75 Å². The maximum atomic E-state index is 13.3. The number of carbonyl (C=O) groups is 1. The molecule has 2 aromatic carbocycles. The number of rotatable bonds is 7. The molecule has 164 valence electrons. The van der Waals surface area contributed by atoms with Gasteiger partial charge < -0.3 is 10.1 Å². The molecule has 1 amide bonds. The number of carbonyl (C=O) groups excluding carboxylic acids is 1. The highest BCUT2D eigenvalue weighted by atomic mass is 79.9. The van der Waals surface area contributed by atoms with Crippen LogP contribution in [0.4, 0.5) is 0 Å². The molecule has 7 heteroatoms. The van der Waals surface area contributed by atoms with Crippen molar-refractivity contribution in [3.8, 4) is 11.4 Å². The number of nitrogens with zero attached hydrogens (tertiary/aromatic N) is 3. The molecule has 4 aromatic rings. The third-order valence-corrected chi connectivity index (χ3v) is 6.10. The van der Waals surface area contributed by atoms with Crippen molar-refractivity contribution in [2.45, 2.75) is 32.7 Å². The van der Waals surface area contributed by atoms with Crippen LogP contribution in [0.5, 0.6) is 5.75 Å². The van der Waals surface area contributed by atoms with Crippen molar-refractivity contribution in [2.75, 3.05) is 7.11 Å². The van der Waals surface area contributed by atoms with Gasteiger partial charge in [-0.2, -0.15) is 5.10 Å². The predicted molar refractivity (Wildman–Crippen MR) is 129 cm³/mol. The minimum absolute atomic E-state index is 0.128. The zero-order valence-corrected chi connectivity index (χ0v) is 19.9. The average Bonchev–Trinajstić information content (AvgIpc) is 3.23. The molecule has 32 heavy (non-hydrogen) atoms. The molecule has 6 nitrogen and oxygen atoms in total. The summed E-state index contributed by atoms with van der Waals surface area (Å²) in [5.74, 6) is 0.588. The van der Waals surface area contributed by atoms with E-state index in [9.17, 15) is 4.79 Å². The van der Waals surface area contributed by atoms with Gasteiger partial charge in [-0.05, 0) is 59.1 Å². The van der Waals surface area contributed by atoms with Crippen molar-refractivity contribution in [3.63, 3.8) is 0 Å². The van der Waals surface area contributed by atoms with E-state index in [4.69, 9.17) is 4.74 Å². The van der Waals surface area contributed by atoms with Gasteiger partial charge in [-0.1, -0.05) is 37.1 Å². The molecule has 0 saturated carbocycles. The quantitative estimate of drug-likeness (QED) is 0.355. The SMILES string of the molecule is CCC[C@@H](NC(=O)c1cncc2c1cnn2-c1ccc(C)cc1)c1ccc(OC)c(Br)c1. The second kappa shape index (κ2) is 9.53. The largest absolute Gasteiger partial charge is 0.496 e. The Balaban J connectivity index is 1.65. The van der Waals surface area contributed by atoms with E-state index in [1.807, 2.05) is 54.1 Å². The zero-order valence-electron chi connectivity index (χ0n) is 18.3. The van der Waals surface area contributed by atoms with Crippen LogP contribution in [0.2, 0.25) is 0 Å². The fourth-order valence-electron chi connectivity index (χ4n) is 3.76. The highest BCUT2D eigenvalue weighted by Crippen LogP contribution is 2.30. The molecule has 0 unspecified atom stereocenters. The summed E-state index contributed by atoms with van der Waals surface area (Å²) >= 11 is 3.54. The Labute approximate surface area is 195 Å². The van der Waals surface area contributed by atoms with Crippen LogP contribution in [0.15, 0.2) is 65.5 Å². The summed E-state index contributed by atoms with van der Waals surface area (Å²) in [5, 5.41) is 8.47. The number of pyridine rings is 1. The molecule has 0 fully saturated rings. The summed E-state index contributed by atoms with van der Waals surface area (Å²) < 4.78 is 8.00. The van der Waals surface area contributed by atoms with Gasteiger partial charge in [0.2, 0.25) is 0 Å². The van der Waals surface area contributed by atoms with Crippen molar-refractivity contribution >= 4 is 32.7 Å². The first-order chi connectivity index (χ1) is 15.5. The van der Waals surface area contributed by atoms with Gasteiger partial charge >= 0.3 is 0 Å². The number of benzene rings is 2. The van der Waals surface area contributed by atoms with E-state index < -0.39 is 0 Å². The molecular weight excluding hydrogens is 468 g/mol. The van der Waals surface area contributed by atoms with Crippen LogP contribution in [-0.2, 0) is 0 Å². The topological polar surface area (TPSA) is 69.0 Å². The van der Waals surface area contributed by atoms with E-state index in [0.29, 0.717) is 5.56 Å². The highest BCUT2D eigenvalue weighted by Gasteiger charge is 2.20. The average molecular weight is 493 g/mol. The Morgan fingerprint density at radius 3 is 2.62 bits per heavy atom. The molecule has 0 spiro atoms. The first kappa shape index (κ1) is 22.0. The molecule has 0 aliphatic carbocycles. The number of aromatic nitrogens is 3. The van der Waals surface area contributed by atoms with Crippen molar-refractivity contribution in [1.82, 2.24) is 20.1 Å². The van der Waals surface area contributed by atoms with Gasteiger partial charge in [-0.3, -0.25) is 9.78 Å². The van der Waals surface area contributed by atoms with Crippen molar-refractivity contribution < 1.29 is 9.53 Å². The van der Waals surface area contributed by atoms with Crippen LogP contribution in [0.3, 0.4) is 0 Å². The Morgan fingerprint density at radius 1 is 1.16 bits per heavy atom. The second-order valence-corrected chi connectivity index (χ2v) is 8.57. The van der Waals surface area contributed by atoms with Gasteiger partial charge in [0.15, 0.2) is 0 Å². The van der Waals surface area contributed by atoms with Gasteiger partial charge in [-0.25, -0.2) is 4.68 Å². The maximum absolute atomic E-state index is 13.3. The molecular formula is C25H25BrN4O2. The van der Waals surface area contributed by atoms with Crippen molar-refractivity contribution in [2.24, 2.45) is 0 Å². The Kier molecular flexibility index (Phi) is 6.55. The number of hydrogen-bond acceptors (Lipinski definition) is 4. The van der Waals surface area contributed by atoms with Crippen LogP contribution >= 0.6 is 15.9 Å². The zero-order chi connectivity index (χ0) is 22.7. The number of halogens is 1. The minimum atomic E-state index is -0.169. The first-order valence-corrected chi connectivity index (χ1v) is 11.3. The van der Waals surface area contributed by atoms with Gasteiger partial charge in [-0.15, -0.1) is 0 Å². The molecule has 4 rings (SSSR count). The second-order valence-electron chi connectivity index (χ2n) is 7.72. The van der Waals surface area contributed by atoms with Crippen molar-refractivity contribution in [1.29, 1.82) is 0 Å². The molecule has 0 radical (unpaired) electrons. The lowest BCUT2D eigenvalue weighted by molar-refractivity contribution is 0.0936. The van der Waals surface area contributed by atoms with Crippen LogP contribution in [-0.4, -0.2) is 27.8 Å². The fraction of sp³-hybridized carbons (Fsp3) is 0.240. The minimum Gasteiger partial charge on any atom is -0.496 e. The van der Waals surface area contributed by atoms with E-state index in [2.05, 4.69) is 38.3 Å². The third kappa shape index (κ3) is 4.39. The summed E-state index contributed by atoms with van der Waals surface area (Å²) in [6, 6.07) is 13.8. The molecule has 0 aliphatic heterocycles. The van der Waals surface area contributed by atoms with Gasteiger partial charge in [0.25, 0.3) is 5.91 Å². The summed E-state index contributed by atoms with van der Waals surface area (Å²) in [7, 11) is 1.63. The lowest BCUT2D eigenvalue weighted by Gasteiger charge is -2.20. The van der Waals surface area contributed by atoms with Gasteiger partial charge in [0, 0.05) is 11.6 Å². The van der Waals surface area contributed by atoms with E-state index in [0.717, 1.165) is 45.2 Å². The Bertz CT molecular complexity index is 1250. The molecule has 0 saturated heterocycles. The van der Waals surface area contributed by atoms with E-state index in [1.165, 1.54) is 5.56 Å². The number of ether oxygens (including phenoxy) is 1. The Hall–Kier alpha value is -3.19. The van der Waals surface area contributed by atoms with Crippen LogP contribution < -0.4 is 10.1 Å². The number of aryl methyl sites for hydroxylation is 1. The van der Waals surface area contributed by atoms with Crippen LogP contribution in [0.25, 0.3) is 16.6 Å². The maximum Gasteiger partial charge on any atom is 0.254 e. The van der Waals surface area contributed by atoms with Crippen LogP contribution in [0.1, 0.15) is 47.3 Å². The molecule has 1 atom stereocenters. The summed E-state index contributed by atoms with van der Waals surface area (Å²) in [5.41, 5.74) is 4.42. The standard InChI is InChI=1S/C25H25BrN4O2/c1-4-5-22(17-8-11-24(32-3)21(26)12-17)29-25(31)20-13-27-15-23-19(20)14-28-30(23)18-9-6-16(2)7-10-18/h6-15,22H,4-5H2,1-3H3,(H,29,31)/t22-/m1/s1. The number of methoxy groups -OCH3 is 1. The van der Waals surface area contributed by atoms with E-state index in [1.54, 1.807) is 25.7 Å². The number of fused-ring (bicyclic) bond motifs is 1. The molecule has 0 bridgehead atoms. The lowest BCUT2D eigenvalue weighted by Crippen LogP contribution is -2.28. The molecule has 0 aliphatic rings. The number of hydrogen-bond donors (Lipinski definition) is 1. The summed E-state index contributed by atoms with van der Waals surface area (Å²) in [4.78, 5) is 17.6. The predicted octanol–water partition coefficient (Wildman–Crippen LogP) is 5.77. The monoisotopic (exact) mass is 492 g/mol. The lowest BCUT2D eigenvalue weighted by atomic mass is 10.0. The summed E-state index contributed by atoms with van der Waals surface area (Å²) in [6.07, 6.45) is 6.82. The first-order valence-electron chi connectivity index (χ1n) is 10.5. The number of amides is 1. The van der Waals surface area contributed by atoms with Gasteiger partial charge in [0.05, 0.1) is 46.8 Å². The highest BCUT2D eigenvalue weighted by molar-refractivity contribution is 9.10. The summed E-state index contributed by atoms with van der Waals surface area (Å²) in [6.45, 7) is 4.15. The van der Waals surface area contributed by atoms with Crippen LogP contribution in [0, 0.1) is 6.92 Å². The third-order valence-electron chi connectivity index (χ3n) is 5.48. The fourth-order valence-corrected chi connectivity index (χ4v) is 4.32. The molecule has 2 aromatic heterocycles. The van der Waals surface area contributed by atoms with Crippen molar-refractivity contribution in [3.05, 3.63) is 82.2 Å².